The van der Waals surface area contributed by atoms with Gasteiger partial charge in [-0.05, 0) is 18.1 Å². The molecule has 0 unspecified atom stereocenters. The van der Waals surface area contributed by atoms with Gasteiger partial charge >= 0.3 is 6.03 Å². The van der Waals surface area contributed by atoms with Gasteiger partial charge in [-0.3, -0.25) is 4.90 Å². The minimum atomic E-state index is -0.368. The van der Waals surface area contributed by atoms with Crippen molar-refractivity contribution in [2.75, 3.05) is 32.7 Å². The molecule has 1 N–H and O–H groups in total. The van der Waals surface area contributed by atoms with Crippen molar-refractivity contribution in [3.8, 4) is 0 Å². The lowest BCUT2D eigenvalue weighted by molar-refractivity contribution is -0.00416. The Labute approximate surface area is 198 Å². The average Bonchev–Trinajstić information content (AvgIpc) is 3.27. The quantitative estimate of drug-likeness (QED) is 0.607. The Morgan fingerprint density at radius 2 is 1.82 bits per heavy atom. The number of carbonyl (C=O) groups excluding carboxylic acids is 1. The van der Waals surface area contributed by atoms with E-state index in [4.69, 9.17) is 4.74 Å². The van der Waals surface area contributed by atoms with Crippen LogP contribution in [-0.2, 0) is 30.9 Å². The van der Waals surface area contributed by atoms with Gasteiger partial charge in [-0.2, -0.15) is 0 Å². The molecule has 8 nitrogen and oxygen atoms in total. The molecule has 34 heavy (non-hydrogen) atoms. The third-order valence-corrected chi connectivity index (χ3v) is 6.50. The van der Waals surface area contributed by atoms with Gasteiger partial charge in [-0.1, -0.05) is 53.7 Å². The van der Waals surface area contributed by atoms with E-state index in [0.29, 0.717) is 44.9 Å². The number of halogens is 1. The number of rotatable bonds is 6. The zero-order valence-corrected chi connectivity index (χ0v) is 19.1. The van der Waals surface area contributed by atoms with Crippen LogP contribution in [0.3, 0.4) is 0 Å². The predicted octanol–water partition coefficient (Wildman–Crippen LogP) is 2.76. The van der Waals surface area contributed by atoms with Crippen LogP contribution in [0.5, 0.6) is 0 Å². The summed E-state index contributed by atoms with van der Waals surface area (Å²) < 4.78 is 21.9. The van der Waals surface area contributed by atoms with Crippen molar-refractivity contribution in [2.45, 2.75) is 32.2 Å². The number of ether oxygens (including phenoxy) is 1. The molecule has 0 radical (unpaired) electrons. The molecule has 1 saturated heterocycles. The number of hydrogen-bond acceptors (Lipinski definition) is 5. The summed E-state index contributed by atoms with van der Waals surface area (Å²) >= 11 is 0. The molecule has 1 aromatic heterocycles. The minimum Gasteiger partial charge on any atom is -0.365 e. The molecule has 0 bridgehead atoms. The molecule has 178 valence electrons. The first-order valence-electron chi connectivity index (χ1n) is 11.7. The summed E-state index contributed by atoms with van der Waals surface area (Å²) in [7, 11) is 0. The highest BCUT2D eigenvalue weighted by Crippen LogP contribution is 2.28. The van der Waals surface area contributed by atoms with Crippen molar-refractivity contribution in [3.63, 3.8) is 0 Å². The highest BCUT2D eigenvalue weighted by molar-refractivity contribution is 5.74. The Balaban J connectivity index is 1.09. The van der Waals surface area contributed by atoms with Crippen LogP contribution in [0, 0.1) is 5.82 Å². The smallest absolute Gasteiger partial charge is 0.317 e. The van der Waals surface area contributed by atoms with Crippen molar-refractivity contribution >= 4 is 6.03 Å². The number of nitrogens with zero attached hydrogens (tertiary/aromatic N) is 5. The van der Waals surface area contributed by atoms with E-state index in [1.165, 1.54) is 11.6 Å². The van der Waals surface area contributed by atoms with Crippen LogP contribution in [0.15, 0.2) is 54.6 Å². The van der Waals surface area contributed by atoms with Crippen LogP contribution in [0.25, 0.3) is 0 Å². The van der Waals surface area contributed by atoms with E-state index >= 15 is 0 Å². The van der Waals surface area contributed by atoms with Gasteiger partial charge in [-0.25, -0.2) is 13.9 Å². The third-order valence-electron chi connectivity index (χ3n) is 6.50. The molecule has 0 aliphatic carbocycles. The molecule has 1 fully saturated rings. The average molecular weight is 465 g/mol. The Morgan fingerprint density at radius 3 is 2.62 bits per heavy atom. The summed E-state index contributed by atoms with van der Waals surface area (Å²) in [6.45, 7) is 4.98. The minimum absolute atomic E-state index is 0.01000. The highest BCUT2D eigenvalue weighted by Gasteiger charge is 2.28. The number of amides is 2. The first-order chi connectivity index (χ1) is 16.7. The fraction of sp³-hybridized carbons (Fsp3) is 0.400. The lowest BCUT2D eigenvalue weighted by Crippen LogP contribution is -2.51. The maximum absolute atomic E-state index is 14.1. The lowest BCUT2D eigenvalue weighted by atomic mass is 10.1. The number of hydrogen-bond donors (Lipinski definition) is 1. The molecule has 0 spiro atoms. The molecule has 2 aliphatic heterocycles. The normalized spacial score (nSPS) is 18.5. The number of aromatic nitrogens is 3. The van der Waals surface area contributed by atoms with Gasteiger partial charge in [0.1, 0.15) is 17.6 Å². The number of carbonyl (C=O) groups is 1. The van der Waals surface area contributed by atoms with E-state index in [2.05, 4.69) is 32.7 Å². The van der Waals surface area contributed by atoms with Gasteiger partial charge in [0.2, 0.25) is 0 Å². The maximum atomic E-state index is 14.1. The van der Waals surface area contributed by atoms with Crippen LogP contribution in [-0.4, -0.2) is 63.5 Å². The van der Waals surface area contributed by atoms with Gasteiger partial charge in [0.15, 0.2) is 0 Å². The van der Waals surface area contributed by atoms with Gasteiger partial charge in [-0.15, -0.1) is 5.10 Å². The molecule has 3 aromatic rings. The van der Waals surface area contributed by atoms with Gasteiger partial charge in [0, 0.05) is 44.8 Å². The maximum Gasteiger partial charge on any atom is 0.317 e. The second kappa shape index (κ2) is 10.3. The Morgan fingerprint density at radius 1 is 1.06 bits per heavy atom. The second-order valence-electron chi connectivity index (χ2n) is 8.72. The fourth-order valence-corrected chi connectivity index (χ4v) is 4.50. The van der Waals surface area contributed by atoms with Crippen molar-refractivity contribution in [1.82, 2.24) is 30.1 Å². The number of piperazine rings is 1. The summed E-state index contributed by atoms with van der Waals surface area (Å²) in [5.41, 5.74) is 3.58. The largest absolute Gasteiger partial charge is 0.365 e. The monoisotopic (exact) mass is 464 g/mol. The van der Waals surface area contributed by atoms with Crippen LogP contribution in [0.4, 0.5) is 9.18 Å². The highest BCUT2D eigenvalue weighted by atomic mass is 19.1. The molecule has 3 heterocycles. The molecule has 2 aliphatic rings. The third kappa shape index (κ3) is 5.10. The summed E-state index contributed by atoms with van der Waals surface area (Å²) in [6.07, 6.45) is 0.456. The van der Waals surface area contributed by atoms with Gasteiger partial charge in [0.05, 0.1) is 18.8 Å². The molecule has 9 heteroatoms. The van der Waals surface area contributed by atoms with Crippen molar-refractivity contribution in [2.24, 2.45) is 0 Å². The van der Waals surface area contributed by atoms with Crippen LogP contribution >= 0.6 is 0 Å². The molecular formula is C25H29FN6O2. The summed E-state index contributed by atoms with van der Waals surface area (Å²) in [5, 5.41) is 11.7. The van der Waals surface area contributed by atoms with E-state index in [-0.39, 0.29) is 18.0 Å². The Bertz CT molecular complexity index is 1110. The summed E-state index contributed by atoms with van der Waals surface area (Å²) in [6, 6.07) is 16.8. The van der Waals surface area contributed by atoms with E-state index in [1.807, 2.05) is 33.8 Å². The predicted molar refractivity (Wildman–Crippen MR) is 124 cm³/mol. The van der Waals surface area contributed by atoms with Crippen LogP contribution < -0.4 is 5.32 Å². The topological polar surface area (TPSA) is 75.5 Å². The zero-order valence-electron chi connectivity index (χ0n) is 19.1. The zero-order chi connectivity index (χ0) is 23.3. The van der Waals surface area contributed by atoms with E-state index < -0.39 is 0 Å². The SMILES string of the molecule is O=C(NCCc1ccccc1)N1CCN(Cc2nnn3c2CO[C@@H](c2ccccc2F)C3)CC1. The van der Waals surface area contributed by atoms with Crippen LogP contribution in [0.1, 0.15) is 28.6 Å². The molecule has 0 saturated carbocycles. The second-order valence-corrected chi connectivity index (χ2v) is 8.72. The summed E-state index contributed by atoms with van der Waals surface area (Å²) in [5.74, 6) is -0.265. The van der Waals surface area contributed by atoms with E-state index in [1.54, 1.807) is 12.1 Å². The Hall–Kier alpha value is -3.30. The fourth-order valence-electron chi connectivity index (χ4n) is 4.50. The molecule has 5 rings (SSSR count). The van der Waals surface area contributed by atoms with Gasteiger partial charge in [0.25, 0.3) is 0 Å². The van der Waals surface area contributed by atoms with E-state index in [9.17, 15) is 9.18 Å². The number of benzene rings is 2. The van der Waals surface area contributed by atoms with Crippen molar-refractivity contribution < 1.29 is 13.9 Å². The molecular weight excluding hydrogens is 435 g/mol. The Kier molecular flexibility index (Phi) is 6.82. The molecule has 1 atom stereocenters. The number of urea groups is 1. The summed E-state index contributed by atoms with van der Waals surface area (Å²) in [4.78, 5) is 16.6. The number of nitrogens with one attached hydrogen (secondary N) is 1. The first kappa shape index (κ1) is 22.5. The number of fused-ring (bicyclic) bond motifs is 1. The van der Waals surface area contributed by atoms with Gasteiger partial charge < -0.3 is 15.0 Å². The van der Waals surface area contributed by atoms with Crippen molar-refractivity contribution in [3.05, 3.63) is 82.9 Å². The lowest BCUT2D eigenvalue weighted by Gasteiger charge is -2.34. The standard InChI is InChI=1S/C25H29FN6O2/c26-21-9-5-4-8-20(21)24-17-32-23(18-34-24)22(28-29-32)16-30-12-14-31(15-13-30)25(33)27-11-10-19-6-2-1-3-7-19/h1-9,24H,10-18H2,(H,27,33)/t24-/m1/s1. The van der Waals surface area contributed by atoms with Crippen molar-refractivity contribution in [1.29, 1.82) is 0 Å². The van der Waals surface area contributed by atoms with E-state index in [0.717, 1.165) is 30.9 Å². The first-order valence-corrected chi connectivity index (χ1v) is 11.7. The molecule has 2 aromatic carbocycles. The van der Waals surface area contributed by atoms with Crippen LogP contribution in [0.2, 0.25) is 0 Å². The molecule has 2 amide bonds.